The van der Waals surface area contributed by atoms with Crippen molar-refractivity contribution in [3.63, 3.8) is 0 Å². The molecule has 3 rings (SSSR count). The van der Waals surface area contributed by atoms with E-state index in [4.69, 9.17) is 4.74 Å². The zero-order valence-electron chi connectivity index (χ0n) is 16.2. The minimum absolute atomic E-state index is 0.271. The Kier molecular flexibility index (Phi) is 6.05. The zero-order valence-corrected chi connectivity index (χ0v) is 18.6. The van der Waals surface area contributed by atoms with Gasteiger partial charge in [0.15, 0.2) is 0 Å². The van der Waals surface area contributed by atoms with Crippen molar-refractivity contribution in [2.24, 2.45) is 0 Å². The van der Waals surface area contributed by atoms with Crippen molar-refractivity contribution in [1.29, 1.82) is 0 Å². The fourth-order valence-corrected chi connectivity index (χ4v) is 4.05. The fraction of sp³-hybridized carbons (Fsp3) is 0.286. The number of halogens is 2. The number of carbonyl (C=O) groups excluding carboxylic acids is 1. The lowest BCUT2D eigenvalue weighted by atomic mass is 10.1. The molecule has 148 valence electrons. The molecule has 1 amide bonds. The van der Waals surface area contributed by atoms with Crippen LogP contribution in [0.3, 0.4) is 0 Å². The van der Waals surface area contributed by atoms with E-state index in [1.165, 1.54) is 24.1 Å². The zero-order chi connectivity index (χ0) is 20.5. The van der Waals surface area contributed by atoms with E-state index in [1.807, 2.05) is 55.2 Å². The molecule has 0 bridgehead atoms. The second-order valence-electron chi connectivity index (χ2n) is 7.53. The van der Waals surface area contributed by atoms with Crippen LogP contribution in [0.15, 0.2) is 58.0 Å². The maximum absolute atomic E-state index is 13.6. The van der Waals surface area contributed by atoms with Gasteiger partial charge < -0.3 is 9.64 Å². The minimum atomic E-state index is -0.544. The molecule has 0 atom stereocenters. The molecule has 7 heteroatoms. The van der Waals surface area contributed by atoms with Crippen LogP contribution in [0, 0.1) is 5.82 Å². The molecule has 0 aliphatic rings. The second kappa shape index (κ2) is 8.17. The van der Waals surface area contributed by atoms with Crippen LogP contribution >= 0.6 is 27.9 Å². The Balaban J connectivity index is 1.92. The number of benzene rings is 2. The van der Waals surface area contributed by atoms with E-state index < -0.39 is 5.60 Å². The van der Waals surface area contributed by atoms with Gasteiger partial charge in [-0.25, -0.2) is 9.18 Å². The molecule has 0 aliphatic carbocycles. The number of ether oxygens (including phenoxy) is 1. The summed E-state index contributed by atoms with van der Waals surface area (Å²) in [6, 6.07) is 12.5. The van der Waals surface area contributed by atoms with E-state index in [-0.39, 0.29) is 11.9 Å². The third-order valence-corrected chi connectivity index (χ3v) is 5.39. The maximum atomic E-state index is 13.6. The van der Waals surface area contributed by atoms with Gasteiger partial charge in [-0.3, -0.25) is 3.97 Å². The van der Waals surface area contributed by atoms with Gasteiger partial charge in [-0.2, -0.15) is 0 Å². The molecule has 0 aliphatic heterocycles. The second-order valence-corrected chi connectivity index (χ2v) is 9.49. The highest BCUT2D eigenvalue weighted by Gasteiger charge is 2.21. The van der Waals surface area contributed by atoms with E-state index in [0.29, 0.717) is 6.54 Å². The molecule has 28 heavy (non-hydrogen) atoms. The van der Waals surface area contributed by atoms with Crippen LogP contribution in [0.2, 0.25) is 0 Å². The van der Waals surface area contributed by atoms with Crippen LogP contribution in [0.5, 0.6) is 0 Å². The van der Waals surface area contributed by atoms with Gasteiger partial charge in [0.1, 0.15) is 11.4 Å². The molecule has 0 radical (unpaired) electrons. The molecule has 0 saturated carbocycles. The van der Waals surface area contributed by atoms with Crippen LogP contribution in [0.4, 0.5) is 9.18 Å². The SMILES string of the molecule is CN(Cc1cn(Sc2cccc(F)c2)c2cc(Br)ccc12)C(=O)OC(C)(C)C. The molecule has 4 nitrogen and oxygen atoms in total. The molecule has 0 N–H and O–H groups in total. The van der Waals surface area contributed by atoms with Crippen molar-refractivity contribution in [3.8, 4) is 0 Å². The molecule has 3 aromatic rings. The lowest BCUT2D eigenvalue weighted by Crippen LogP contribution is -2.33. The molecule has 0 spiro atoms. The number of rotatable bonds is 4. The van der Waals surface area contributed by atoms with Crippen LogP contribution in [-0.2, 0) is 11.3 Å². The Morgan fingerprint density at radius 3 is 2.68 bits per heavy atom. The maximum Gasteiger partial charge on any atom is 0.410 e. The summed E-state index contributed by atoms with van der Waals surface area (Å²) in [6.45, 7) is 5.94. The average molecular weight is 465 g/mol. The number of hydrogen-bond donors (Lipinski definition) is 0. The summed E-state index contributed by atoms with van der Waals surface area (Å²) in [7, 11) is 1.72. The number of nitrogens with zero attached hydrogens (tertiary/aromatic N) is 2. The number of carbonyl (C=O) groups is 1. The van der Waals surface area contributed by atoms with Crippen LogP contribution in [0.25, 0.3) is 10.9 Å². The van der Waals surface area contributed by atoms with Crippen LogP contribution in [0.1, 0.15) is 26.3 Å². The summed E-state index contributed by atoms with van der Waals surface area (Å²) in [5, 5.41) is 1.03. The quantitative estimate of drug-likeness (QED) is 0.443. The number of aromatic nitrogens is 1. The lowest BCUT2D eigenvalue weighted by Gasteiger charge is -2.24. The summed E-state index contributed by atoms with van der Waals surface area (Å²) in [5.74, 6) is -0.271. The van der Waals surface area contributed by atoms with E-state index in [2.05, 4.69) is 15.9 Å². The first-order valence-electron chi connectivity index (χ1n) is 8.80. The molecule has 1 heterocycles. The van der Waals surface area contributed by atoms with Gasteiger partial charge in [0, 0.05) is 28.0 Å². The van der Waals surface area contributed by atoms with Crippen LogP contribution in [-0.4, -0.2) is 27.6 Å². The standard InChI is InChI=1S/C21H22BrFN2O2S/c1-21(2,3)27-20(26)24(4)12-14-13-25(19-10-15(22)8-9-18(14)19)28-17-7-5-6-16(23)11-17/h5-11,13H,12H2,1-4H3. The highest BCUT2D eigenvalue weighted by Crippen LogP contribution is 2.32. The van der Waals surface area contributed by atoms with Crippen molar-refractivity contribution in [2.45, 2.75) is 37.8 Å². The van der Waals surface area contributed by atoms with Crippen molar-refractivity contribution >= 4 is 44.9 Å². The van der Waals surface area contributed by atoms with Crippen molar-refractivity contribution in [1.82, 2.24) is 8.87 Å². The smallest absolute Gasteiger partial charge is 0.410 e. The summed E-state index contributed by atoms with van der Waals surface area (Å²) < 4.78 is 21.9. The molecular formula is C21H22BrFN2O2S. The van der Waals surface area contributed by atoms with Crippen molar-refractivity contribution in [2.75, 3.05) is 7.05 Å². The Labute approximate surface area is 176 Å². The first kappa shape index (κ1) is 20.7. The third-order valence-electron chi connectivity index (χ3n) is 3.93. The van der Waals surface area contributed by atoms with Gasteiger partial charge >= 0.3 is 6.09 Å². The Bertz CT molecular complexity index is 1010. The number of amides is 1. The largest absolute Gasteiger partial charge is 0.444 e. The third kappa shape index (κ3) is 5.08. The summed E-state index contributed by atoms with van der Waals surface area (Å²) in [5.41, 5.74) is 1.42. The van der Waals surface area contributed by atoms with Crippen molar-refractivity contribution in [3.05, 3.63) is 64.5 Å². The van der Waals surface area contributed by atoms with Gasteiger partial charge in [-0.15, -0.1) is 0 Å². The highest BCUT2D eigenvalue weighted by atomic mass is 79.9. The van der Waals surface area contributed by atoms with Gasteiger partial charge in [0.05, 0.1) is 12.1 Å². The highest BCUT2D eigenvalue weighted by molar-refractivity contribution is 9.10. The predicted octanol–water partition coefficient (Wildman–Crippen LogP) is 6.47. The summed E-state index contributed by atoms with van der Waals surface area (Å²) in [4.78, 5) is 14.7. The number of hydrogen-bond acceptors (Lipinski definition) is 3. The van der Waals surface area contributed by atoms with Gasteiger partial charge in [0.25, 0.3) is 0 Å². The molecule has 0 unspecified atom stereocenters. The molecular weight excluding hydrogens is 443 g/mol. The first-order valence-corrected chi connectivity index (χ1v) is 10.4. The molecule has 1 aromatic heterocycles. The Hall–Kier alpha value is -1.99. The van der Waals surface area contributed by atoms with Gasteiger partial charge in [0.2, 0.25) is 0 Å². The minimum Gasteiger partial charge on any atom is -0.444 e. The topological polar surface area (TPSA) is 34.5 Å². The first-order chi connectivity index (χ1) is 13.1. The van der Waals surface area contributed by atoms with E-state index in [9.17, 15) is 9.18 Å². The summed E-state index contributed by atoms with van der Waals surface area (Å²) in [6.07, 6.45) is 1.61. The lowest BCUT2D eigenvalue weighted by molar-refractivity contribution is 0.0286. The van der Waals surface area contributed by atoms with Crippen LogP contribution < -0.4 is 0 Å². The van der Waals surface area contributed by atoms with E-state index in [1.54, 1.807) is 18.0 Å². The Morgan fingerprint density at radius 1 is 1.25 bits per heavy atom. The van der Waals surface area contributed by atoms with Gasteiger partial charge in [-0.1, -0.05) is 28.1 Å². The predicted molar refractivity (Wildman–Crippen MR) is 115 cm³/mol. The molecule has 2 aromatic carbocycles. The normalized spacial score (nSPS) is 11.6. The van der Waals surface area contributed by atoms with E-state index in [0.717, 1.165) is 25.8 Å². The molecule has 0 fully saturated rings. The summed E-state index contributed by atoms with van der Waals surface area (Å²) >= 11 is 4.94. The average Bonchev–Trinajstić information content (AvgIpc) is 2.90. The number of fused-ring (bicyclic) bond motifs is 1. The molecule has 0 saturated heterocycles. The van der Waals surface area contributed by atoms with Crippen molar-refractivity contribution < 1.29 is 13.9 Å². The monoisotopic (exact) mass is 464 g/mol. The van der Waals surface area contributed by atoms with Gasteiger partial charge in [-0.05, 0) is 68.6 Å². The van der Waals surface area contributed by atoms with E-state index >= 15 is 0 Å². The Morgan fingerprint density at radius 2 is 2.00 bits per heavy atom. The fourth-order valence-electron chi connectivity index (χ4n) is 2.74.